The van der Waals surface area contributed by atoms with Gasteiger partial charge in [-0.2, -0.15) is 5.10 Å². The molecule has 0 spiro atoms. The van der Waals surface area contributed by atoms with E-state index in [-0.39, 0.29) is 5.69 Å². The zero-order chi connectivity index (χ0) is 10.1. The van der Waals surface area contributed by atoms with Gasteiger partial charge in [-0.25, -0.2) is 9.50 Å². The summed E-state index contributed by atoms with van der Waals surface area (Å²) >= 11 is 0. The Morgan fingerprint density at radius 2 is 2.43 bits per heavy atom. The molecule has 0 bridgehead atoms. The van der Waals surface area contributed by atoms with Gasteiger partial charge in [0.15, 0.2) is 5.65 Å². The number of fused-ring (bicyclic) bond motifs is 1. The Hall–Kier alpha value is -2.11. The van der Waals surface area contributed by atoms with Crippen LogP contribution in [0.3, 0.4) is 0 Å². The van der Waals surface area contributed by atoms with E-state index in [2.05, 4.69) is 15.4 Å². The van der Waals surface area contributed by atoms with E-state index in [1.807, 2.05) is 0 Å². The zero-order valence-corrected chi connectivity index (χ0v) is 7.56. The summed E-state index contributed by atoms with van der Waals surface area (Å²) in [4.78, 5) is 15.0. The van der Waals surface area contributed by atoms with Gasteiger partial charge >= 0.3 is 0 Å². The largest absolute Gasteiger partial charge is 0.385 e. The average Bonchev–Trinajstić information content (AvgIpc) is 2.60. The molecule has 2 aromatic rings. The van der Waals surface area contributed by atoms with Gasteiger partial charge in [0.1, 0.15) is 5.69 Å². The molecule has 0 atom stereocenters. The molecule has 1 amide bonds. The highest BCUT2D eigenvalue weighted by molar-refractivity contribution is 5.92. The van der Waals surface area contributed by atoms with E-state index in [1.165, 1.54) is 10.7 Å². The Bertz CT molecular complexity index is 489. The Morgan fingerprint density at radius 3 is 3.07 bits per heavy atom. The number of rotatable bonds is 2. The lowest BCUT2D eigenvalue weighted by Crippen LogP contribution is -2.14. The molecule has 2 heterocycles. The summed E-state index contributed by atoms with van der Waals surface area (Å²) in [7, 11) is 1.77. The Morgan fingerprint density at radius 1 is 1.64 bits per heavy atom. The molecule has 2 aromatic heterocycles. The number of imidazole rings is 1. The quantitative estimate of drug-likeness (QED) is 0.692. The summed E-state index contributed by atoms with van der Waals surface area (Å²) < 4.78 is 1.41. The molecule has 6 heteroatoms. The van der Waals surface area contributed by atoms with Crippen LogP contribution in [0.25, 0.3) is 5.65 Å². The molecular weight excluding hydrogens is 182 g/mol. The second-order valence-electron chi connectivity index (χ2n) is 2.74. The van der Waals surface area contributed by atoms with Gasteiger partial charge in [0, 0.05) is 7.05 Å². The fourth-order valence-electron chi connectivity index (χ4n) is 1.26. The number of aromatic nitrogens is 3. The van der Waals surface area contributed by atoms with Crippen molar-refractivity contribution >= 4 is 17.2 Å². The van der Waals surface area contributed by atoms with Gasteiger partial charge in [-0.3, -0.25) is 4.79 Å². The van der Waals surface area contributed by atoms with Crippen molar-refractivity contribution in [3.63, 3.8) is 0 Å². The van der Waals surface area contributed by atoms with Gasteiger partial charge in [0.25, 0.3) is 5.91 Å². The van der Waals surface area contributed by atoms with Crippen LogP contribution in [0.4, 0.5) is 5.69 Å². The van der Waals surface area contributed by atoms with Crippen LogP contribution >= 0.6 is 0 Å². The molecule has 6 nitrogen and oxygen atoms in total. The maximum absolute atomic E-state index is 11.0. The van der Waals surface area contributed by atoms with E-state index in [1.54, 1.807) is 19.3 Å². The van der Waals surface area contributed by atoms with Gasteiger partial charge in [-0.15, -0.1) is 0 Å². The average molecular weight is 191 g/mol. The number of amides is 1. The van der Waals surface area contributed by atoms with Crippen LogP contribution in [-0.2, 0) is 0 Å². The van der Waals surface area contributed by atoms with Gasteiger partial charge in [-0.1, -0.05) is 0 Å². The molecule has 2 rings (SSSR count). The van der Waals surface area contributed by atoms with Gasteiger partial charge in [0.05, 0.1) is 18.1 Å². The van der Waals surface area contributed by atoms with Crippen LogP contribution in [-0.4, -0.2) is 27.6 Å². The van der Waals surface area contributed by atoms with Crippen LogP contribution in [0.15, 0.2) is 18.5 Å². The fourth-order valence-corrected chi connectivity index (χ4v) is 1.26. The van der Waals surface area contributed by atoms with Crippen molar-refractivity contribution in [2.75, 3.05) is 12.4 Å². The molecule has 72 valence electrons. The summed E-state index contributed by atoms with van der Waals surface area (Å²) in [5.41, 5.74) is 6.82. The van der Waals surface area contributed by atoms with Crippen molar-refractivity contribution < 1.29 is 4.79 Å². The van der Waals surface area contributed by atoms with Crippen LogP contribution in [0.1, 0.15) is 10.5 Å². The van der Waals surface area contributed by atoms with E-state index in [4.69, 9.17) is 5.73 Å². The van der Waals surface area contributed by atoms with Crippen molar-refractivity contribution in [1.82, 2.24) is 14.6 Å². The smallest absolute Gasteiger partial charge is 0.269 e. The third-order valence-electron chi connectivity index (χ3n) is 1.92. The summed E-state index contributed by atoms with van der Waals surface area (Å²) in [6.45, 7) is 0. The number of primary amides is 1. The highest BCUT2D eigenvalue weighted by Crippen LogP contribution is 2.13. The summed E-state index contributed by atoms with van der Waals surface area (Å²) in [5.74, 6) is -0.543. The van der Waals surface area contributed by atoms with Crippen molar-refractivity contribution in [2.24, 2.45) is 5.73 Å². The van der Waals surface area contributed by atoms with E-state index in [9.17, 15) is 4.79 Å². The molecule has 0 radical (unpaired) electrons. The number of anilines is 1. The maximum atomic E-state index is 11.0. The fraction of sp³-hybridized carbons (Fsp3) is 0.125. The Balaban J connectivity index is 2.75. The van der Waals surface area contributed by atoms with E-state index >= 15 is 0 Å². The third-order valence-corrected chi connectivity index (χ3v) is 1.92. The maximum Gasteiger partial charge on any atom is 0.269 e. The first-order valence-electron chi connectivity index (χ1n) is 4.04. The molecule has 3 N–H and O–H groups in total. The lowest BCUT2D eigenvalue weighted by Gasteiger charge is -2.01. The first kappa shape index (κ1) is 8.49. The van der Waals surface area contributed by atoms with Crippen LogP contribution in [0.2, 0.25) is 0 Å². The standard InChI is InChI=1S/C8H9N5O/c1-10-5-2-3-12-13-6(7(9)14)4-11-8(5)13/h2-4,10H,1H3,(H2,9,14). The molecule has 0 saturated carbocycles. The van der Waals surface area contributed by atoms with Crippen molar-refractivity contribution in [1.29, 1.82) is 0 Å². The normalized spacial score (nSPS) is 10.4. The molecule has 0 aromatic carbocycles. The predicted octanol–water partition coefficient (Wildman–Crippen LogP) is -0.130. The van der Waals surface area contributed by atoms with Crippen molar-refractivity contribution in [3.8, 4) is 0 Å². The minimum atomic E-state index is -0.543. The molecule has 0 saturated heterocycles. The van der Waals surface area contributed by atoms with Crippen molar-refractivity contribution in [3.05, 3.63) is 24.2 Å². The molecule has 0 aliphatic carbocycles. The van der Waals surface area contributed by atoms with E-state index in [0.717, 1.165) is 5.69 Å². The lowest BCUT2D eigenvalue weighted by molar-refractivity contribution is 0.0993. The molecule has 0 aliphatic heterocycles. The third kappa shape index (κ3) is 1.08. The molecule has 0 fully saturated rings. The van der Waals surface area contributed by atoms with E-state index < -0.39 is 5.91 Å². The van der Waals surface area contributed by atoms with Crippen LogP contribution in [0, 0.1) is 0 Å². The number of nitrogens with zero attached hydrogens (tertiary/aromatic N) is 3. The zero-order valence-electron chi connectivity index (χ0n) is 7.56. The highest BCUT2D eigenvalue weighted by atomic mass is 16.1. The first-order valence-corrected chi connectivity index (χ1v) is 4.04. The van der Waals surface area contributed by atoms with Crippen LogP contribution in [0.5, 0.6) is 0 Å². The number of nitrogens with two attached hydrogens (primary N) is 1. The Kier molecular flexibility index (Phi) is 1.81. The number of hydrogen-bond donors (Lipinski definition) is 2. The molecule has 0 unspecified atom stereocenters. The van der Waals surface area contributed by atoms with Crippen molar-refractivity contribution in [2.45, 2.75) is 0 Å². The molecular formula is C8H9N5O. The second kappa shape index (κ2) is 2.99. The second-order valence-corrected chi connectivity index (χ2v) is 2.74. The molecule has 0 aliphatic rings. The number of nitrogens with one attached hydrogen (secondary N) is 1. The van der Waals surface area contributed by atoms with Crippen LogP contribution < -0.4 is 11.1 Å². The highest BCUT2D eigenvalue weighted by Gasteiger charge is 2.11. The summed E-state index contributed by atoms with van der Waals surface area (Å²) in [6, 6.07) is 1.77. The summed E-state index contributed by atoms with van der Waals surface area (Å²) in [5, 5.41) is 6.93. The van der Waals surface area contributed by atoms with Gasteiger partial charge in [-0.05, 0) is 6.07 Å². The minimum Gasteiger partial charge on any atom is -0.385 e. The number of carbonyl (C=O) groups is 1. The van der Waals surface area contributed by atoms with Gasteiger partial charge in [0.2, 0.25) is 0 Å². The topological polar surface area (TPSA) is 85.3 Å². The van der Waals surface area contributed by atoms with Gasteiger partial charge < -0.3 is 11.1 Å². The number of carbonyl (C=O) groups excluding carboxylic acids is 1. The monoisotopic (exact) mass is 191 g/mol. The van der Waals surface area contributed by atoms with E-state index in [0.29, 0.717) is 5.65 Å². The number of hydrogen-bond acceptors (Lipinski definition) is 4. The lowest BCUT2D eigenvalue weighted by atomic mass is 10.4. The predicted molar refractivity (Wildman–Crippen MR) is 51.1 cm³/mol. The summed E-state index contributed by atoms with van der Waals surface area (Å²) in [6.07, 6.45) is 2.98. The Labute approximate surface area is 79.7 Å². The minimum absolute atomic E-state index is 0.275. The first-order chi connectivity index (χ1) is 6.74. The SMILES string of the molecule is CNc1ccnn2c(C(N)=O)cnc12. The molecule has 14 heavy (non-hydrogen) atoms.